The second-order valence-electron chi connectivity index (χ2n) is 12.2. The summed E-state index contributed by atoms with van der Waals surface area (Å²) in [5.41, 5.74) is 4.48. The van der Waals surface area contributed by atoms with Crippen LogP contribution in [0.25, 0.3) is 5.70 Å². The largest absolute Gasteiger partial charge is 0.493 e. The molecule has 6 rings (SSSR count). The Morgan fingerprint density at radius 3 is 2.17 bits per heavy atom. The van der Waals surface area contributed by atoms with E-state index in [9.17, 15) is 9.59 Å². The average Bonchev–Trinajstić information content (AvgIpc) is 3.43. The molecular formula is C33H37NO6. The Kier molecular flexibility index (Phi) is 6.06. The van der Waals surface area contributed by atoms with Gasteiger partial charge in [0.2, 0.25) is 5.75 Å². The number of methoxy groups -OCH3 is 3. The molecule has 4 atom stereocenters. The van der Waals surface area contributed by atoms with Gasteiger partial charge in [-0.2, -0.15) is 0 Å². The van der Waals surface area contributed by atoms with Crippen molar-refractivity contribution in [2.45, 2.75) is 59.0 Å². The number of nitrogens with one attached hydrogen (secondary N) is 1. The third-order valence-electron chi connectivity index (χ3n) is 10.5. The van der Waals surface area contributed by atoms with Crippen molar-refractivity contribution >= 4 is 17.4 Å². The summed E-state index contributed by atoms with van der Waals surface area (Å²) in [7, 11) is 4.66. The second-order valence-corrected chi connectivity index (χ2v) is 12.2. The zero-order valence-electron chi connectivity index (χ0n) is 24.3. The lowest BCUT2D eigenvalue weighted by molar-refractivity contribution is -0.152. The van der Waals surface area contributed by atoms with Crippen LogP contribution in [0.2, 0.25) is 0 Å². The number of carbonyl (C=O) groups excluding carboxylic acids is 2. The Hall–Kier alpha value is -3.74. The first-order valence-corrected chi connectivity index (χ1v) is 13.9. The molecule has 0 saturated heterocycles. The smallest absolute Gasteiger partial charge is 0.337 e. The molecule has 0 aromatic heterocycles. The topological polar surface area (TPSA) is 83.1 Å². The molecule has 7 heteroatoms. The highest BCUT2D eigenvalue weighted by Crippen LogP contribution is 2.66. The Morgan fingerprint density at radius 2 is 1.62 bits per heavy atom. The standard InChI is InChI=1S/C33H37NO6/c1-17-25(31(36)40-24-16-19-12-13-33(24,4)32(19,2)3)26(18-14-22(37-5)30(39-7)23(15-18)38-6)27-28(34-17)20-10-8-9-11-21(20)29(27)35/h8-11,14-15,19,24,26,34H,12-13,16H2,1-7H3/t19-,24+,26+,33-/m0/s1. The van der Waals surface area contributed by atoms with Crippen molar-refractivity contribution in [3.8, 4) is 17.2 Å². The zero-order valence-corrected chi connectivity index (χ0v) is 24.3. The molecule has 2 aromatic carbocycles. The maximum Gasteiger partial charge on any atom is 0.337 e. The van der Waals surface area contributed by atoms with Crippen LogP contribution in [0.3, 0.4) is 0 Å². The van der Waals surface area contributed by atoms with Crippen LogP contribution in [0, 0.1) is 16.7 Å². The summed E-state index contributed by atoms with van der Waals surface area (Å²) in [6.07, 6.45) is 2.89. The highest BCUT2D eigenvalue weighted by atomic mass is 16.5. The molecule has 210 valence electrons. The van der Waals surface area contributed by atoms with Crippen LogP contribution < -0.4 is 19.5 Å². The fraction of sp³-hybridized carbons (Fsp3) is 0.455. The summed E-state index contributed by atoms with van der Waals surface area (Å²) in [5, 5.41) is 3.41. The molecule has 3 aliphatic carbocycles. The van der Waals surface area contributed by atoms with E-state index in [0.29, 0.717) is 51.1 Å². The van der Waals surface area contributed by atoms with Crippen LogP contribution in [0.5, 0.6) is 17.2 Å². The van der Waals surface area contributed by atoms with Gasteiger partial charge in [-0.25, -0.2) is 4.79 Å². The molecule has 0 radical (unpaired) electrons. The maximum absolute atomic E-state index is 14.2. The lowest BCUT2D eigenvalue weighted by Crippen LogP contribution is -2.39. The number of ether oxygens (including phenoxy) is 4. The molecule has 1 N–H and O–H groups in total. The van der Waals surface area contributed by atoms with Gasteiger partial charge in [-0.05, 0) is 55.2 Å². The molecular weight excluding hydrogens is 506 g/mol. The van der Waals surface area contributed by atoms with Crippen molar-refractivity contribution in [2.24, 2.45) is 16.7 Å². The molecule has 2 aromatic rings. The monoisotopic (exact) mass is 543 g/mol. The number of carbonyl (C=O) groups is 2. The number of hydrogen-bond donors (Lipinski definition) is 1. The fourth-order valence-electron chi connectivity index (χ4n) is 7.70. The zero-order chi connectivity index (χ0) is 28.6. The number of benzene rings is 2. The van der Waals surface area contributed by atoms with E-state index in [4.69, 9.17) is 18.9 Å². The SMILES string of the molecule is COc1cc([C@@H]2C(C(=O)O[C@@H]3C[C@@H]4CC[C@]3(C)C4(C)C)=C(C)NC3=C2C(=O)c2ccccc23)cc(OC)c1OC. The molecule has 7 nitrogen and oxygen atoms in total. The van der Waals surface area contributed by atoms with Crippen molar-refractivity contribution in [1.82, 2.24) is 5.32 Å². The van der Waals surface area contributed by atoms with Crippen LogP contribution in [0.1, 0.15) is 74.4 Å². The van der Waals surface area contributed by atoms with E-state index in [0.717, 1.165) is 30.5 Å². The van der Waals surface area contributed by atoms with E-state index in [2.05, 4.69) is 26.1 Å². The predicted octanol–water partition coefficient (Wildman–Crippen LogP) is 6.04. The van der Waals surface area contributed by atoms with Gasteiger partial charge >= 0.3 is 5.97 Å². The highest BCUT2D eigenvalue weighted by Gasteiger charge is 2.63. The van der Waals surface area contributed by atoms with E-state index in [1.54, 1.807) is 21.3 Å². The predicted molar refractivity (Wildman–Crippen MR) is 151 cm³/mol. The van der Waals surface area contributed by atoms with E-state index in [1.807, 2.05) is 43.3 Å². The number of dihydropyridines is 1. The minimum atomic E-state index is -0.684. The van der Waals surface area contributed by atoms with E-state index in [1.165, 1.54) is 0 Å². The van der Waals surface area contributed by atoms with Crippen LogP contribution in [-0.4, -0.2) is 39.2 Å². The second kappa shape index (κ2) is 9.15. The first-order valence-electron chi connectivity index (χ1n) is 13.9. The van der Waals surface area contributed by atoms with Crippen LogP contribution in [0.4, 0.5) is 0 Å². The Balaban J connectivity index is 1.48. The number of rotatable bonds is 6. The number of hydrogen-bond acceptors (Lipinski definition) is 7. The number of esters is 1. The van der Waals surface area contributed by atoms with Gasteiger partial charge < -0.3 is 24.3 Å². The summed E-state index contributed by atoms with van der Waals surface area (Å²) in [4.78, 5) is 28.2. The van der Waals surface area contributed by atoms with Gasteiger partial charge in [0.15, 0.2) is 17.3 Å². The Bertz CT molecular complexity index is 1480. The highest BCUT2D eigenvalue weighted by molar-refractivity contribution is 6.23. The minimum Gasteiger partial charge on any atom is -0.493 e. The van der Waals surface area contributed by atoms with Gasteiger partial charge in [0.25, 0.3) is 0 Å². The third kappa shape index (κ3) is 3.49. The molecule has 2 saturated carbocycles. The molecule has 40 heavy (non-hydrogen) atoms. The van der Waals surface area contributed by atoms with Crippen molar-refractivity contribution in [2.75, 3.05) is 21.3 Å². The van der Waals surface area contributed by atoms with Crippen LogP contribution in [-0.2, 0) is 9.53 Å². The molecule has 0 amide bonds. The normalized spacial score (nSPS) is 27.8. The summed E-state index contributed by atoms with van der Waals surface area (Å²) in [5.74, 6) is 0.690. The minimum absolute atomic E-state index is 0.0875. The molecule has 2 fully saturated rings. The van der Waals surface area contributed by atoms with E-state index in [-0.39, 0.29) is 22.7 Å². The summed E-state index contributed by atoms with van der Waals surface area (Å²) >= 11 is 0. The van der Waals surface area contributed by atoms with Crippen molar-refractivity contribution in [3.05, 3.63) is 69.9 Å². The van der Waals surface area contributed by atoms with Crippen molar-refractivity contribution in [3.63, 3.8) is 0 Å². The van der Waals surface area contributed by atoms with Gasteiger partial charge in [-0.15, -0.1) is 0 Å². The van der Waals surface area contributed by atoms with Gasteiger partial charge in [0, 0.05) is 33.7 Å². The summed E-state index contributed by atoms with van der Waals surface area (Å²) < 4.78 is 23.3. The maximum atomic E-state index is 14.2. The fourth-order valence-corrected chi connectivity index (χ4v) is 7.70. The molecule has 4 aliphatic rings. The number of allylic oxidation sites excluding steroid dienone is 2. The summed E-state index contributed by atoms with van der Waals surface area (Å²) in [6.45, 7) is 8.74. The molecule has 1 aliphatic heterocycles. The summed E-state index contributed by atoms with van der Waals surface area (Å²) in [6, 6.07) is 11.2. The van der Waals surface area contributed by atoms with E-state index < -0.39 is 11.9 Å². The van der Waals surface area contributed by atoms with Crippen molar-refractivity contribution in [1.29, 1.82) is 0 Å². The molecule has 0 unspecified atom stereocenters. The van der Waals surface area contributed by atoms with Gasteiger partial charge in [-0.1, -0.05) is 45.0 Å². The van der Waals surface area contributed by atoms with Crippen molar-refractivity contribution < 1.29 is 28.5 Å². The molecule has 0 spiro atoms. The van der Waals surface area contributed by atoms with Gasteiger partial charge in [0.1, 0.15) is 6.10 Å². The van der Waals surface area contributed by atoms with E-state index >= 15 is 0 Å². The first kappa shape index (κ1) is 26.5. The molecule has 1 heterocycles. The number of Topliss-reactive ketones (excluding diaryl/α,β-unsaturated/α-hetero) is 1. The lowest BCUT2D eigenvalue weighted by atomic mass is 9.70. The van der Waals surface area contributed by atoms with Gasteiger partial charge in [0.05, 0.1) is 32.6 Å². The quantitative estimate of drug-likeness (QED) is 0.445. The van der Waals surface area contributed by atoms with Crippen LogP contribution in [0.15, 0.2) is 53.2 Å². The number of ketones is 1. The first-order chi connectivity index (χ1) is 19.1. The Morgan fingerprint density at radius 1 is 0.975 bits per heavy atom. The average molecular weight is 544 g/mol. The van der Waals surface area contributed by atoms with Crippen LogP contribution >= 0.6 is 0 Å². The Labute approximate surface area is 235 Å². The molecule has 2 bridgehead atoms. The number of fused-ring (bicyclic) bond motifs is 4. The van der Waals surface area contributed by atoms with Gasteiger partial charge in [-0.3, -0.25) is 4.79 Å². The lowest BCUT2D eigenvalue weighted by Gasteiger charge is -2.39. The third-order valence-corrected chi connectivity index (χ3v) is 10.5.